The highest BCUT2D eigenvalue weighted by Gasteiger charge is 2.33. The molecule has 0 saturated carbocycles. The summed E-state index contributed by atoms with van der Waals surface area (Å²) in [5, 5.41) is 29.0. The fourth-order valence-electron chi connectivity index (χ4n) is 4.53. The van der Waals surface area contributed by atoms with Crippen LogP contribution in [0.1, 0.15) is 52.5 Å². The number of aromatic amines is 1. The molecule has 0 aliphatic carbocycles. The Labute approximate surface area is 264 Å². The number of carbonyl (C=O) groups excluding carboxylic acids is 6. The van der Waals surface area contributed by atoms with Crippen molar-refractivity contribution in [2.45, 2.75) is 77.5 Å². The van der Waals surface area contributed by atoms with Gasteiger partial charge in [0.1, 0.15) is 24.2 Å². The summed E-state index contributed by atoms with van der Waals surface area (Å²) in [5.74, 6) is -8.18. The number of Topliss-reactive ketones (excluding diaryl/α,β-unsaturated/α-hetero) is 1. The predicted molar refractivity (Wildman–Crippen MR) is 161 cm³/mol. The van der Waals surface area contributed by atoms with Crippen LogP contribution in [0.3, 0.4) is 0 Å². The van der Waals surface area contributed by atoms with E-state index in [1.54, 1.807) is 26.1 Å². The molecule has 0 aliphatic heterocycles. The second-order valence-electron chi connectivity index (χ2n) is 10.9. The number of carboxylic acids is 2. The zero-order valence-corrected chi connectivity index (χ0v) is 25.9. The van der Waals surface area contributed by atoms with Crippen LogP contribution in [0, 0.1) is 5.92 Å². The fraction of sp³-hybridized carbons (Fsp3) is 0.467. The zero-order valence-electron chi connectivity index (χ0n) is 25.9. The monoisotopic (exact) mass is 645 g/mol. The van der Waals surface area contributed by atoms with Crippen molar-refractivity contribution in [1.82, 2.24) is 26.3 Å². The number of aromatic nitrogens is 1. The third kappa shape index (κ3) is 11.7. The molecule has 1 aromatic heterocycles. The van der Waals surface area contributed by atoms with Crippen LogP contribution in [-0.2, 0) is 49.5 Å². The van der Waals surface area contributed by atoms with Gasteiger partial charge >= 0.3 is 17.9 Å². The number of carboxylic acid groups (broad SMARTS) is 2. The first kappa shape index (κ1) is 36.9. The van der Waals surface area contributed by atoms with Crippen LogP contribution in [0.2, 0.25) is 0 Å². The lowest BCUT2D eigenvalue weighted by atomic mass is 10.00. The highest BCUT2D eigenvalue weighted by atomic mass is 16.5. The Hall–Kier alpha value is -5.28. The average molecular weight is 646 g/mol. The number of H-pyrrole nitrogens is 1. The average Bonchev–Trinajstić information content (AvgIpc) is 3.37. The van der Waals surface area contributed by atoms with E-state index in [1.165, 1.54) is 6.92 Å². The Morgan fingerprint density at radius 1 is 0.804 bits per heavy atom. The van der Waals surface area contributed by atoms with Crippen LogP contribution in [0.15, 0.2) is 30.5 Å². The summed E-state index contributed by atoms with van der Waals surface area (Å²) >= 11 is 0. The summed E-state index contributed by atoms with van der Waals surface area (Å²) in [5.41, 5.74) is 1.50. The minimum Gasteiger partial charge on any atom is -0.481 e. The number of nitrogens with one attached hydrogen (secondary N) is 5. The lowest BCUT2D eigenvalue weighted by Gasteiger charge is -2.27. The molecule has 0 radical (unpaired) electrons. The SMILES string of the molecule is CC(=O)NC(Cc1c[nH]c2ccccc12)C(=O)NC(CCC(=O)O)C(=O)NC(C(=O)NC(CC(=O)O)C(=O)COC(C)=O)C(C)C. The molecule has 0 fully saturated rings. The Kier molecular flexibility index (Phi) is 13.9. The van der Waals surface area contributed by atoms with Gasteiger partial charge in [-0.3, -0.25) is 38.4 Å². The minimum absolute atomic E-state index is 0.0338. The highest BCUT2D eigenvalue weighted by molar-refractivity contribution is 5.97. The van der Waals surface area contributed by atoms with Gasteiger partial charge in [0, 0.05) is 43.8 Å². The topological polar surface area (TPSA) is 250 Å². The summed E-state index contributed by atoms with van der Waals surface area (Å²) in [6.45, 7) is 4.57. The number of fused-ring (bicyclic) bond motifs is 1. The lowest BCUT2D eigenvalue weighted by Crippen LogP contribution is -2.59. The van der Waals surface area contributed by atoms with Gasteiger partial charge in [0.2, 0.25) is 23.6 Å². The van der Waals surface area contributed by atoms with Crippen molar-refractivity contribution in [2.75, 3.05) is 6.61 Å². The number of ketones is 1. The smallest absolute Gasteiger partial charge is 0.305 e. The summed E-state index contributed by atoms with van der Waals surface area (Å²) in [6, 6.07) is 1.73. The first-order valence-corrected chi connectivity index (χ1v) is 14.4. The minimum atomic E-state index is -1.59. The molecular formula is C30H39N5O11. The van der Waals surface area contributed by atoms with E-state index in [9.17, 15) is 48.6 Å². The number of benzene rings is 1. The Balaban J connectivity index is 2.26. The van der Waals surface area contributed by atoms with Crippen molar-refractivity contribution in [3.05, 3.63) is 36.0 Å². The van der Waals surface area contributed by atoms with Crippen molar-refractivity contribution in [3.8, 4) is 0 Å². The van der Waals surface area contributed by atoms with Crippen LogP contribution >= 0.6 is 0 Å². The first-order valence-electron chi connectivity index (χ1n) is 14.4. The first-order chi connectivity index (χ1) is 21.6. The number of ether oxygens (including phenoxy) is 1. The van der Waals surface area contributed by atoms with E-state index in [-0.39, 0.29) is 12.8 Å². The van der Waals surface area contributed by atoms with E-state index >= 15 is 0 Å². The quantitative estimate of drug-likeness (QED) is 0.105. The van der Waals surface area contributed by atoms with Gasteiger partial charge < -0.3 is 41.2 Å². The van der Waals surface area contributed by atoms with E-state index in [2.05, 4.69) is 31.0 Å². The third-order valence-electron chi connectivity index (χ3n) is 6.82. The van der Waals surface area contributed by atoms with E-state index in [0.717, 1.165) is 17.8 Å². The Morgan fingerprint density at radius 3 is 2.02 bits per heavy atom. The van der Waals surface area contributed by atoms with Crippen LogP contribution in [-0.4, -0.2) is 93.3 Å². The molecule has 2 rings (SSSR count). The van der Waals surface area contributed by atoms with Gasteiger partial charge in [-0.25, -0.2) is 0 Å². The summed E-state index contributed by atoms with van der Waals surface area (Å²) in [6.07, 6.45) is -0.0199. The molecule has 7 N–H and O–H groups in total. The molecule has 4 amide bonds. The standard InChI is InChI=1S/C30H39N5O11/c1-15(2)27(30(45)34-22(12-26(41)42)24(38)14-46-17(4)37)35-28(43)21(9-10-25(39)40)33-29(44)23(32-16(3)36)11-18-13-31-20-8-6-5-7-19(18)20/h5-8,13,15,21-23,27,31H,9-12,14H2,1-4H3,(H,32,36)(H,33,44)(H,34,45)(H,35,43)(H,39,40)(H,41,42). The largest absolute Gasteiger partial charge is 0.481 e. The van der Waals surface area contributed by atoms with Gasteiger partial charge in [-0.15, -0.1) is 0 Å². The van der Waals surface area contributed by atoms with Crippen molar-refractivity contribution < 1.29 is 53.3 Å². The van der Waals surface area contributed by atoms with Gasteiger partial charge in [0.15, 0.2) is 12.4 Å². The number of hydrogen-bond acceptors (Lipinski definition) is 9. The maximum atomic E-state index is 13.4. The van der Waals surface area contributed by atoms with Gasteiger partial charge in [0.05, 0.1) is 6.42 Å². The lowest BCUT2D eigenvalue weighted by molar-refractivity contribution is -0.147. The molecular weight excluding hydrogens is 606 g/mol. The maximum Gasteiger partial charge on any atom is 0.305 e. The van der Waals surface area contributed by atoms with E-state index in [0.29, 0.717) is 5.56 Å². The molecule has 4 atom stereocenters. The van der Waals surface area contributed by atoms with Crippen LogP contribution in [0.5, 0.6) is 0 Å². The Morgan fingerprint density at radius 2 is 1.43 bits per heavy atom. The Bertz CT molecular complexity index is 1470. The molecule has 46 heavy (non-hydrogen) atoms. The number of carbonyl (C=O) groups is 8. The zero-order chi connectivity index (χ0) is 34.6. The van der Waals surface area contributed by atoms with E-state index in [1.807, 2.05) is 18.2 Å². The highest BCUT2D eigenvalue weighted by Crippen LogP contribution is 2.19. The maximum absolute atomic E-state index is 13.4. The molecule has 1 aromatic carbocycles. The summed E-state index contributed by atoms with van der Waals surface area (Å²) in [7, 11) is 0. The molecule has 16 heteroatoms. The molecule has 2 aromatic rings. The number of esters is 1. The van der Waals surface area contributed by atoms with Crippen molar-refractivity contribution in [2.24, 2.45) is 5.92 Å². The summed E-state index contributed by atoms with van der Waals surface area (Å²) in [4.78, 5) is 101. The molecule has 0 aliphatic rings. The van der Waals surface area contributed by atoms with Crippen molar-refractivity contribution in [1.29, 1.82) is 0 Å². The number of para-hydroxylation sites is 1. The number of hydrogen-bond donors (Lipinski definition) is 7. The van der Waals surface area contributed by atoms with E-state index < -0.39 is 96.9 Å². The molecule has 4 unspecified atom stereocenters. The van der Waals surface area contributed by atoms with Crippen LogP contribution in [0.4, 0.5) is 0 Å². The molecule has 0 spiro atoms. The number of aliphatic carboxylic acids is 2. The van der Waals surface area contributed by atoms with Gasteiger partial charge in [0.25, 0.3) is 0 Å². The van der Waals surface area contributed by atoms with Crippen molar-refractivity contribution >= 4 is 58.2 Å². The van der Waals surface area contributed by atoms with Crippen molar-refractivity contribution in [3.63, 3.8) is 0 Å². The summed E-state index contributed by atoms with van der Waals surface area (Å²) < 4.78 is 4.61. The fourth-order valence-corrected chi connectivity index (χ4v) is 4.53. The van der Waals surface area contributed by atoms with E-state index in [4.69, 9.17) is 0 Å². The van der Waals surface area contributed by atoms with Crippen LogP contribution in [0.25, 0.3) is 10.9 Å². The molecule has 1 heterocycles. The molecule has 0 bridgehead atoms. The normalized spacial score (nSPS) is 13.5. The van der Waals surface area contributed by atoms with Crippen LogP contribution < -0.4 is 21.3 Å². The molecule has 250 valence electrons. The number of rotatable bonds is 18. The van der Waals surface area contributed by atoms with Gasteiger partial charge in [-0.05, 0) is 24.0 Å². The number of amides is 4. The second-order valence-corrected chi connectivity index (χ2v) is 10.9. The third-order valence-corrected chi connectivity index (χ3v) is 6.82. The molecule has 0 saturated heterocycles. The predicted octanol–water partition coefficient (Wildman–Crippen LogP) is -0.203. The second kappa shape index (κ2) is 17.3. The molecule has 16 nitrogen and oxygen atoms in total. The van der Waals surface area contributed by atoms with Gasteiger partial charge in [-0.2, -0.15) is 0 Å². The van der Waals surface area contributed by atoms with Gasteiger partial charge in [-0.1, -0.05) is 32.0 Å².